The number of carbonyl (C=O) groups is 1. The van der Waals surface area contributed by atoms with Crippen LogP contribution in [0, 0.1) is 6.92 Å². The number of nitrogens with zero attached hydrogens (tertiary/aromatic N) is 2. The van der Waals surface area contributed by atoms with E-state index in [0.717, 1.165) is 30.5 Å². The van der Waals surface area contributed by atoms with E-state index in [2.05, 4.69) is 23.4 Å². The predicted molar refractivity (Wildman–Crippen MR) is 90.8 cm³/mol. The Labute approximate surface area is 135 Å². The number of pyridine rings is 1. The van der Waals surface area contributed by atoms with Gasteiger partial charge in [-0.15, -0.1) is 11.3 Å². The Morgan fingerprint density at radius 3 is 3.14 bits per heavy atom. The fourth-order valence-corrected chi connectivity index (χ4v) is 3.96. The SMILES string of the molecule is CCC1c2ccsc2CCN1C(=O)/C=C/c1cncc(C)c1. The van der Waals surface area contributed by atoms with Gasteiger partial charge in [0.25, 0.3) is 0 Å². The summed E-state index contributed by atoms with van der Waals surface area (Å²) < 4.78 is 0. The van der Waals surface area contributed by atoms with Crippen LogP contribution >= 0.6 is 11.3 Å². The highest BCUT2D eigenvalue weighted by atomic mass is 32.1. The summed E-state index contributed by atoms with van der Waals surface area (Å²) in [4.78, 5) is 20.2. The van der Waals surface area contributed by atoms with Crippen molar-refractivity contribution in [3.05, 3.63) is 57.6 Å². The Morgan fingerprint density at radius 2 is 2.36 bits per heavy atom. The first-order valence-electron chi connectivity index (χ1n) is 7.65. The van der Waals surface area contributed by atoms with Crippen LogP contribution < -0.4 is 0 Å². The number of hydrogen-bond acceptors (Lipinski definition) is 3. The molecule has 0 bridgehead atoms. The van der Waals surface area contributed by atoms with E-state index in [0.29, 0.717) is 0 Å². The number of thiophene rings is 1. The van der Waals surface area contributed by atoms with Gasteiger partial charge in [-0.1, -0.05) is 6.92 Å². The van der Waals surface area contributed by atoms with Crippen molar-refractivity contribution < 1.29 is 4.79 Å². The molecule has 4 heteroatoms. The van der Waals surface area contributed by atoms with Gasteiger partial charge in [-0.05, 0) is 60.0 Å². The topological polar surface area (TPSA) is 33.2 Å². The highest BCUT2D eigenvalue weighted by Crippen LogP contribution is 2.35. The van der Waals surface area contributed by atoms with Crippen LogP contribution in [0.4, 0.5) is 0 Å². The van der Waals surface area contributed by atoms with Crippen LogP contribution in [-0.2, 0) is 11.2 Å². The fourth-order valence-electron chi connectivity index (χ4n) is 3.03. The van der Waals surface area contributed by atoms with Gasteiger partial charge in [-0.3, -0.25) is 9.78 Å². The van der Waals surface area contributed by atoms with Gasteiger partial charge in [0, 0.05) is 29.9 Å². The zero-order chi connectivity index (χ0) is 15.5. The van der Waals surface area contributed by atoms with E-state index >= 15 is 0 Å². The summed E-state index contributed by atoms with van der Waals surface area (Å²) in [5.41, 5.74) is 3.40. The van der Waals surface area contributed by atoms with E-state index in [1.807, 2.05) is 30.2 Å². The Kier molecular flexibility index (Phi) is 4.39. The summed E-state index contributed by atoms with van der Waals surface area (Å²) in [5.74, 6) is 0.0882. The van der Waals surface area contributed by atoms with Crippen molar-refractivity contribution in [2.24, 2.45) is 0 Å². The van der Waals surface area contributed by atoms with Gasteiger partial charge < -0.3 is 4.90 Å². The molecule has 0 aromatic carbocycles. The molecule has 1 aliphatic heterocycles. The molecule has 0 aliphatic carbocycles. The lowest BCUT2D eigenvalue weighted by Crippen LogP contribution is -2.38. The first-order valence-corrected chi connectivity index (χ1v) is 8.53. The molecule has 22 heavy (non-hydrogen) atoms. The maximum atomic E-state index is 12.6. The summed E-state index contributed by atoms with van der Waals surface area (Å²) in [7, 11) is 0. The number of hydrogen-bond donors (Lipinski definition) is 0. The first-order chi connectivity index (χ1) is 10.7. The summed E-state index contributed by atoms with van der Waals surface area (Å²) in [6.45, 7) is 4.95. The van der Waals surface area contributed by atoms with Crippen LogP contribution in [-0.4, -0.2) is 22.3 Å². The van der Waals surface area contributed by atoms with Gasteiger partial charge in [0.05, 0.1) is 6.04 Å². The summed E-state index contributed by atoms with van der Waals surface area (Å²) in [6.07, 6.45) is 9.05. The zero-order valence-corrected chi connectivity index (χ0v) is 13.8. The average Bonchev–Trinajstić information content (AvgIpc) is 3.00. The summed E-state index contributed by atoms with van der Waals surface area (Å²) >= 11 is 1.81. The molecule has 114 valence electrons. The molecule has 0 saturated heterocycles. The monoisotopic (exact) mass is 312 g/mol. The predicted octanol–water partition coefficient (Wildman–Crippen LogP) is 4.00. The van der Waals surface area contributed by atoms with Crippen LogP contribution in [0.3, 0.4) is 0 Å². The second-order valence-corrected chi connectivity index (χ2v) is 6.63. The minimum Gasteiger partial charge on any atom is -0.332 e. The second kappa shape index (κ2) is 6.44. The minimum absolute atomic E-state index is 0.0882. The van der Waals surface area contributed by atoms with Gasteiger partial charge in [-0.25, -0.2) is 0 Å². The van der Waals surface area contributed by atoms with Crippen molar-refractivity contribution in [1.82, 2.24) is 9.88 Å². The van der Waals surface area contributed by atoms with Crippen molar-refractivity contribution in [3.63, 3.8) is 0 Å². The molecule has 1 atom stereocenters. The van der Waals surface area contributed by atoms with Gasteiger partial charge in [0.2, 0.25) is 5.91 Å². The quantitative estimate of drug-likeness (QED) is 0.803. The lowest BCUT2D eigenvalue weighted by molar-refractivity contribution is -0.128. The third-order valence-electron chi connectivity index (χ3n) is 4.08. The summed E-state index contributed by atoms with van der Waals surface area (Å²) in [5, 5.41) is 2.13. The lowest BCUT2D eigenvalue weighted by atomic mass is 9.97. The molecule has 1 amide bonds. The molecule has 2 aromatic rings. The number of aromatic nitrogens is 1. The molecule has 1 aliphatic rings. The Bertz CT molecular complexity index is 705. The fraction of sp³-hybridized carbons (Fsp3) is 0.333. The third-order valence-corrected chi connectivity index (χ3v) is 5.08. The molecular weight excluding hydrogens is 292 g/mol. The van der Waals surface area contributed by atoms with E-state index in [9.17, 15) is 4.79 Å². The van der Waals surface area contributed by atoms with Gasteiger partial charge in [0.1, 0.15) is 0 Å². The van der Waals surface area contributed by atoms with Crippen LogP contribution in [0.25, 0.3) is 6.08 Å². The Hall–Kier alpha value is -1.94. The lowest BCUT2D eigenvalue weighted by Gasteiger charge is -2.34. The van der Waals surface area contributed by atoms with Crippen LogP contribution in [0.5, 0.6) is 0 Å². The maximum Gasteiger partial charge on any atom is 0.247 e. The number of aryl methyl sites for hydroxylation is 1. The zero-order valence-electron chi connectivity index (χ0n) is 13.0. The van der Waals surface area contributed by atoms with Crippen LogP contribution in [0.15, 0.2) is 36.0 Å². The summed E-state index contributed by atoms with van der Waals surface area (Å²) in [6, 6.07) is 4.41. The first kappa shape index (κ1) is 15.0. The van der Waals surface area contributed by atoms with Crippen molar-refractivity contribution in [1.29, 1.82) is 0 Å². The second-order valence-electron chi connectivity index (χ2n) is 5.63. The highest BCUT2D eigenvalue weighted by molar-refractivity contribution is 7.10. The van der Waals surface area contributed by atoms with Gasteiger partial charge in [0.15, 0.2) is 0 Å². The van der Waals surface area contributed by atoms with E-state index in [-0.39, 0.29) is 11.9 Å². The third kappa shape index (κ3) is 2.97. The van der Waals surface area contributed by atoms with Crippen molar-refractivity contribution in [2.45, 2.75) is 32.7 Å². The van der Waals surface area contributed by atoms with Gasteiger partial charge in [-0.2, -0.15) is 0 Å². The van der Waals surface area contributed by atoms with E-state index in [1.165, 1.54) is 10.4 Å². The molecule has 3 heterocycles. The minimum atomic E-state index is 0.0882. The molecular formula is C18H20N2OS. The number of fused-ring (bicyclic) bond motifs is 1. The van der Waals surface area contributed by atoms with E-state index < -0.39 is 0 Å². The Morgan fingerprint density at radius 1 is 1.50 bits per heavy atom. The molecule has 0 N–H and O–H groups in total. The molecule has 1 unspecified atom stereocenters. The standard InChI is InChI=1S/C18H20N2OS/c1-3-16-15-7-9-22-17(15)6-8-20(16)18(21)5-4-14-10-13(2)11-19-12-14/h4-5,7,9-12,16H,3,6,8H2,1-2H3/b5-4+. The van der Waals surface area contributed by atoms with Crippen molar-refractivity contribution >= 4 is 23.3 Å². The maximum absolute atomic E-state index is 12.6. The molecule has 0 fully saturated rings. The smallest absolute Gasteiger partial charge is 0.247 e. The number of rotatable bonds is 3. The molecule has 0 radical (unpaired) electrons. The average molecular weight is 312 g/mol. The Balaban J connectivity index is 1.77. The van der Waals surface area contributed by atoms with Crippen LogP contribution in [0.1, 0.15) is 41.0 Å². The molecule has 3 rings (SSSR count). The van der Waals surface area contributed by atoms with E-state index in [1.54, 1.807) is 23.6 Å². The number of carbonyl (C=O) groups excluding carboxylic acids is 1. The molecule has 0 saturated carbocycles. The van der Waals surface area contributed by atoms with Crippen molar-refractivity contribution in [3.8, 4) is 0 Å². The van der Waals surface area contributed by atoms with E-state index in [4.69, 9.17) is 0 Å². The normalized spacial score (nSPS) is 17.7. The largest absolute Gasteiger partial charge is 0.332 e. The molecule has 0 spiro atoms. The molecule has 2 aromatic heterocycles. The van der Waals surface area contributed by atoms with Crippen LogP contribution in [0.2, 0.25) is 0 Å². The van der Waals surface area contributed by atoms with Crippen molar-refractivity contribution in [2.75, 3.05) is 6.54 Å². The van der Waals surface area contributed by atoms with Gasteiger partial charge >= 0.3 is 0 Å². The number of amides is 1. The highest BCUT2D eigenvalue weighted by Gasteiger charge is 2.29. The molecule has 3 nitrogen and oxygen atoms in total.